The lowest BCUT2D eigenvalue weighted by Crippen LogP contribution is -2.23. The largest absolute Gasteiger partial charge is 0.330 e. The van der Waals surface area contributed by atoms with Crippen LogP contribution < -0.4 is 5.73 Å². The topological polar surface area (TPSA) is 29.3 Å². The molecule has 0 saturated carbocycles. The fraction of sp³-hybridized carbons (Fsp3) is 1.00. The van der Waals surface area contributed by atoms with E-state index in [1.54, 1.807) is 0 Å². The third-order valence-corrected chi connectivity index (χ3v) is 7.20. The highest BCUT2D eigenvalue weighted by atomic mass is 15.1. The van der Waals surface area contributed by atoms with Gasteiger partial charge in [-0.15, -0.1) is 0 Å². The van der Waals surface area contributed by atoms with Crippen molar-refractivity contribution >= 4 is 0 Å². The lowest BCUT2D eigenvalue weighted by atomic mass is 10.0. The van der Waals surface area contributed by atoms with Crippen molar-refractivity contribution in [2.45, 2.75) is 196 Å². The maximum Gasteiger partial charge on any atom is -0.00216 e. The lowest BCUT2D eigenvalue weighted by Gasteiger charge is -2.15. The molecule has 0 aromatic carbocycles. The van der Waals surface area contributed by atoms with E-state index in [2.05, 4.69) is 46.4 Å². The van der Waals surface area contributed by atoms with E-state index in [-0.39, 0.29) is 0 Å². The summed E-state index contributed by atoms with van der Waals surface area (Å²) in [5.74, 6) is 0. The molecule has 0 aliphatic heterocycles. The van der Waals surface area contributed by atoms with Crippen LogP contribution in [0.2, 0.25) is 0 Å². The first-order valence-electron chi connectivity index (χ1n) is 17.1. The maximum absolute atomic E-state index is 5.21. The Bertz CT molecular complexity index is 290. The molecule has 2 N–H and O–H groups in total. The SMILES string of the molecule is CCCCCCCCCCCCCCCCCCCCCC.CCCCCN.CCCN(CC)CC. The predicted octanol–water partition coefficient (Wildman–Crippen LogP) is 11.7. The number of unbranched alkanes of at least 4 members (excludes halogenated alkanes) is 21. The van der Waals surface area contributed by atoms with Gasteiger partial charge >= 0.3 is 0 Å². The number of nitrogens with zero attached hydrogens (tertiary/aromatic N) is 1. The van der Waals surface area contributed by atoms with Gasteiger partial charge in [-0.2, -0.15) is 0 Å². The molecule has 2 nitrogen and oxygen atoms in total. The molecule has 222 valence electrons. The van der Waals surface area contributed by atoms with Gasteiger partial charge in [-0.1, -0.05) is 183 Å². The highest BCUT2D eigenvalue weighted by Gasteiger charge is 1.95. The van der Waals surface area contributed by atoms with Crippen LogP contribution in [0, 0.1) is 0 Å². The van der Waals surface area contributed by atoms with E-state index in [1.807, 2.05) is 0 Å². The van der Waals surface area contributed by atoms with Crippen molar-refractivity contribution < 1.29 is 0 Å². The Morgan fingerprint density at radius 3 is 0.722 bits per heavy atom. The average molecular weight is 513 g/mol. The molecule has 0 heterocycles. The van der Waals surface area contributed by atoms with Crippen LogP contribution in [-0.2, 0) is 0 Å². The third kappa shape index (κ3) is 44.0. The minimum atomic E-state index is 0.855. The fourth-order valence-corrected chi connectivity index (χ4v) is 4.58. The Kier molecular flexibility index (Phi) is 47.2. The molecule has 0 unspecified atom stereocenters. The summed E-state index contributed by atoms with van der Waals surface area (Å²) < 4.78 is 0. The first-order chi connectivity index (χ1) is 17.7. The number of nitrogens with two attached hydrogens (primary N) is 1. The van der Waals surface area contributed by atoms with E-state index >= 15 is 0 Å². The van der Waals surface area contributed by atoms with Gasteiger partial charge in [0.15, 0.2) is 0 Å². The maximum atomic E-state index is 5.21. The summed E-state index contributed by atoms with van der Waals surface area (Å²) in [6.07, 6.45) is 34.4. The molecule has 0 fully saturated rings. The summed E-state index contributed by atoms with van der Waals surface area (Å²) in [5.41, 5.74) is 5.21. The Morgan fingerprint density at radius 1 is 0.333 bits per heavy atom. The minimum absolute atomic E-state index is 0.855. The van der Waals surface area contributed by atoms with Gasteiger partial charge in [0.25, 0.3) is 0 Å². The van der Waals surface area contributed by atoms with Gasteiger partial charge in [-0.3, -0.25) is 0 Å². The van der Waals surface area contributed by atoms with Crippen molar-refractivity contribution in [3.05, 3.63) is 0 Å². The molecule has 0 aliphatic carbocycles. The molecule has 36 heavy (non-hydrogen) atoms. The van der Waals surface area contributed by atoms with E-state index in [0.29, 0.717) is 0 Å². The first-order valence-corrected chi connectivity index (χ1v) is 17.1. The molecule has 2 heteroatoms. The zero-order valence-electron chi connectivity index (χ0n) is 26.8. The van der Waals surface area contributed by atoms with Crippen molar-refractivity contribution in [3.8, 4) is 0 Å². The Balaban J connectivity index is -0.000000632. The second kappa shape index (κ2) is 42.0. The van der Waals surface area contributed by atoms with Crippen LogP contribution in [0.4, 0.5) is 0 Å². The Morgan fingerprint density at radius 2 is 0.583 bits per heavy atom. The van der Waals surface area contributed by atoms with Gasteiger partial charge < -0.3 is 10.6 Å². The van der Waals surface area contributed by atoms with E-state index < -0.39 is 0 Å². The molecule has 0 aromatic heterocycles. The van der Waals surface area contributed by atoms with Gasteiger partial charge in [-0.25, -0.2) is 0 Å². The van der Waals surface area contributed by atoms with Gasteiger partial charge in [0.1, 0.15) is 0 Å². The van der Waals surface area contributed by atoms with Crippen LogP contribution in [0.5, 0.6) is 0 Å². The second-order valence-electron chi connectivity index (χ2n) is 10.9. The van der Waals surface area contributed by atoms with E-state index in [1.165, 1.54) is 174 Å². The van der Waals surface area contributed by atoms with E-state index in [4.69, 9.17) is 5.73 Å². The fourth-order valence-electron chi connectivity index (χ4n) is 4.58. The molecule has 0 atom stereocenters. The zero-order valence-corrected chi connectivity index (χ0v) is 26.8. The van der Waals surface area contributed by atoms with Crippen molar-refractivity contribution in [3.63, 3.8) is 0 Å². The van der Waals surface area contributed by atoms with Gasteiger partial charge in [0.05, 0.1) is 0 Å². The standard InChI is InChI=1S/C22H46.C7H17N.C5H13N/c1-3-5-7-9-11-13-15-17-19-21-22-20-18-16-14-12-10-8-6-4-2;1-4-7-8(5-2)6-3;1-2-3-4-5-6/h3-22H2,1-2H3;4-7H2,1-3H3;2-6H2,1H3. The molecule has 0 saturated heterocycles. The summed E-state index contributed by atoms with van der Waals surface area (Å²) >= 11 is 0. The summed E-state index contributed by atoms with van der Waals surface area (Å²) in [7, 11) is 0. The van der Waals surface area contributed by atoms with Crippen LogP contribution in [0.3, 0.4) is 0 Å². The van der Waals surface area contributed by atoms with Crippen LogP contribution in [0.1, 0.15) is 196 Å². The average Bonchev–Trinajstić information content (AvgIpc) is 2.90. The second-order valence-corrected chi connectivity index (χ2v) is 10.9. The molecule has 0 bridgehead atoms. The lowest BCUT2D eigenvalue weighted by molar-refractivity contribution is 0.304. The number of hydrogen-bond donors (Lipinski definition) is 1. The zero-order chi connectivity index (χ0) is 27.4. The molecule has 0 aliphatic rings. The van der Waals surface area contributed by atoms with Crippen molar-refractivity contribution in [2.75, 3.05) is 26.2 Å². The van der Waals surface area contributed by atoms with E-state index in [0.717, 1.165) is 6.54 Å². The van der Waals surface area contributed by atoms with Crippen LogP contribution >= 0.6 is 0 Å². The first kappa shape index (κ1) is 40.4. The monoisotopic (exact) mass is 513 g/mol. The third-order valence-electron chi connectivity index (χ3n) is 7.20. The molecule has 0 spiro atoms. The van der Waals surface area contributed by atoms with Crippen molar-refractivity contribution in [2.24, 2.45) is 5.73 Å². The highest BCUT2D eigenvalue weighted by molar-refractivity contribution is 4.51. The summed E-state index contributed by atoms with van der Waals surface area (Å²) in [6, 6.07) is 0. The van der Waals surface area contributed by atoms with Gasteiger partial charge in [0.2, 0.25) is 0 Å². The highest BCUT2D eigenvalue weighted by Crippen LogP contribution is 2.14. The van der Waals surface area contributed by atoms with Crippen LogP contribution in [0.25, 0.3) is 0 Å². The minimum Gasteiger partial charge on any atom is -0.330 e. The Hall–Kier alpha value is -0.0800. The number of rotatable bonds is 26. The smallest absolute Gasteiger partial charge is 0.00216 e. The summed E-state index contributed by atoms with van der Waals surface area (Å²) in [6.45, 7) is 17.9. The van der Waals surface area contributed by atoms with Gasteiger partial charge in [0, 0.05) is 0 Å². The normalized spacial score (nSPS) is 10.7. The molecule has 0 amide bonds. The van der Waals surface area contributed by atoms with E-state index in [9.17, 15) is 0 Å². The quantitative estimate of drug-likeness (QED) is 0.117. The van der Waals surface area contributed by atoms with Gasteiger partial charge in [-0.05, 0) is 39.0 Å². The van der Waals surface area contributed by atoms with Crippen LogP contribution in [-0.4, -0.2) is 31.1 Å². The molecule has 0 radical (unpaired) electrons. The summed E-state index contributed by atoms with van der Waals surface area (Å²) in [5, 5.41) is 0. The Labute approximate surface area is 232 Å². The van der Waals surface area contributed by atoms with Crippen molar-refractivity contribution in [1.29, 1.82) is 0 Å². The molecule has 0 aromatic rings. The predicted molar refractivity (Wildman–Crippen MR) is 170 cm³/mol. The molecular formula is C34H76N2. The molecular weight excluding hydrogens is 436 g/mol. The van der Waals surface area contributed by atoms with Crippen molar-refractivity contribution in [1.82, 2.24) is 4.90 Å². The number of hydrogen-bond acceptors (Lipinski definition) is 2. The van der Waals surface area contributed by atoms with Crippen LogP contribution in [0.15, 0.2) is 0 Å². The summed E-state index contributed by atoms with van der Waals surface area (Å²) in [4.78, 5) is 2.43. The molecule has 0 rings (SSSR count).